The number of aryl methyl sites for hydroxylation is 1. The maximum absolute atomic E-state index is 11.6. The number of primary amides is 1. The largest absolute Gasteiger partial charge is 0.490 e. The third-order valence-corrected chi connectivity index (χ3v) is 4.09. The molecule has 1 aliphatic rings. The lowest BCUT2D eigenvalue weighted by molar-refractivity contribution is -0.385. The van der Waals surface area contributed by atoms with E-state index >= 15 is 0 Å². The minimum atomic E-state index is -0.722. The lowest BCUT2D eigenvalue weighted by Crippen LogP contribution is -2.52. The molecule has 1 amide bonds. The van der Waals surface area contributed by atoms with Gasteiger partial charge < -0.3 is 15.8 Å². The van der Waals surface area contributed by atoms with Crippen LogP contribution in [0.1, 0.15) is 24.8 Å². The number of nitrogens with one attached hydrogen (secondary N) is 1. The molecular weight excluding hydrogens is 274 g/mol. The van der Waals surface area contributed by atoms with Crippen molar-refractivity contribution in [1.29, 1.82) is 0 Å². The van der Waals surface area contributed by atoms with E-state index in [4.69, 9.17) is 10.5 Å². The highest BCUT2D eigenvalue weighted by Crippen LogP contribution is 2.33. The molecule has 0 aliphatic heterocycles. The van der Waals surface area contributed by atoms with E-state index in [1.165, 1.54) is 6.07 Å². The van der Waals surface area contributed by atoms with Gasteiger partial charge in [-0.3, -0.25) is 14.9 Å². The van der Waals surface area contributed by atoms with Crippen molar-refractivity contribution in [2.45, 2.75) is 37.8 Å². The molecule has 114 valence electrons. The van der Waals surface area contributed by atoms with Crippen LogP contribution in [0.2, 0.25) is 0 Å². The van der Waals surface area contributed by atoms with E-state index in [0.29, 0.717) is 30.6 Å². The first-order valence-corrected chi connectivity index (χ1v) is 6.78. The number of likely N-dealkylation sites (N-methyl/N-ethyl adjacent to an activating group) is 1. The van der Waals surface area contributed by atoms with Crippen molar-refractivity contribution in [2.24, 2.45) is 5.73 Å². The summed E-state index contributed by atoms with van der Waals surface area (Å²) in [5.41, 5.74) is 5.33. The molecule has 1 saturated carbocycles. The van der Waals surface area contributed by atoms with Crippen LogP contribution in [0.25, 0.3) is 0 Å². The van der Waals surface area contributed by atoms with Gasteiger partial charge in [-0.05, 0) is 38.9 Å². The zero-order valence-electron chi connectivity index (χ0n) is 12.1. The monoisotopic (exact) mass is 293 g/mol. The van der Waals surface area contributed by atoms with Crippen LogP contribution in [0.3, 0.4) is 0 Å². The first-order chi connectivity index (χ1) is 9.88. The minimum Gasteiger partial charge on any atom is -0.490 e. The van der Waals surface area contributed by atoms with E-state index < -0.39 is 10.5 Å². The van der Waals surface area contributed by atoms with Gasteiger partial charge in [0.05, 0.1) is 4.92 Å². The number of benzene rings is 1. The minimum absolute atomic E-state index is 0.0653. The van der Waals surface area contributed by atoms with Crippen molar-refractivity contribution in [1.82, 2.24) is 5.32 Å². The van der Waals surface area contributed by atoms with Crippen molar-refractivity contribution in [3.63, 3.8) is 0 Å². The van der Waals surface area contributed by atoms with Gasteiger partial charge in [0.1, 0.15) is 17.4 Å². The molecule has 7 heteroatoms. The molecule has 21 heavy (non-hydrogen) atoms. The van der Waals surface area contributed by atoms with E-state index in [9.17, 15) is 14.9 Å². The third-order valence-electron chi connectivity index (χ3n) is 4.09. The van der Waals surface area contributed by atoms with Gasteiger partial charge in [-0.25, -0.2) is 0 Å². The van der Waals surface area contributed by atoms with Crippen LogP contribution in [0.15, 0.2) is 18.2 Å². The van der Waals surface area contributed by atoms with Crippen LogP contribution in [0.4, 0.5) is 5.69 Å². The Labute approximate surface area is 122 Å². The Balaban J connectivity index is 2.09. The maximum Gasteiger partial charge on any atom is 0.272 e. The molecule has 1 aliphatic carbocycles. The first-order valence-electron chi connectivity index (χ1n) is 6.78. The highest BCUT2D eigenvalue weighted by atomic mass is 16.6. The summed E-state index contributed by atoms with van der Waals surface area (Å²) in [6, 6.07) is 4.65. The van der Waals surface area contributed by atoms with Gasteiger partial charge in [0.2, 0.25) is 5.91 Å². The molecule has 1 fully saturated rings. The first kappa shape index (κ1) is 15.2. The molecule has 0 saturated heterocycles. The number of nitrogens with two attached hydrogens (primary N) is 1. The molecular formula is C14H19N3O4. The summed E-state index contributed by atoms with van der Waals surface area (Å²) in [5, 5.41) is 13.8. The second kappa shape index (κ2) is 5.69. The van der Waals surface area contributed by atoms with Crippen LogP contribution in [0, 0.1) is 17.0 Å². The van der Waals surface area contributed by atoms with E-state index in [1.54, 1.807) is 26.1 Å². The lowest BCUT2D eigenvalue weighted by Gasteiger charge is -2.24. The van der Waals surface area contributed by atoms with E-state index in [-0.39, 0.29) is 17.7 Å². The summed E-state index contributed by atoms with van der Waals surface area (Å²) in [5.74, 6) is 0.190. The standard InChI is InChI=1S/C14H19N3O4/c1-9-7-10(3-4-12(9)17(19)20)21-11-5-6-14(8-11,16-2)13(15)18/h3-4,7,11,16H,5-6,8H2,1-2H3,(H2,15,18). The Kier molecular flexibility index (Phi) is 4.13. The number of amides is 1. The molecule has 3 N–H and O–H groups in total. The Hall–Kier alpha value is -2.15. The van der Waals surface area contributed by atoms with Crippen molar-refractivity contribution in [3.8, 4) is 5.75 Å². The highest BCUT2D eigenvalue weighted by molar-refractivity contribution is 5.85. The molecule has 1 aromatic carbocycles. The van der Waals surface area contributed by atoms with Gasteiger partial charge in [-0.1, -0.05) is 0 Å². The number of carbonyl (C=O) groups excluding carboxylic acids is 1. The van der Waals surface area contributed by atoms with Gasteiger partial charge >= 0.3 is 0 Å². The second-order valence-electron chi connectivity index (χ2n) is 5.38. The van der Waals surface area contributed by atoms with Crippen molar-refractivity contribution in [2.75, 3.05) is 7.05 Å². The van der Waals surface area contributed by atoms with E-state index in [0.717, 1.165) is 0 Å². The maximum atomic E-state index is 11.6. The zero-order chi connectivity index (χ0) is 15.6. The highest BCUT2D eigenvalue weighted by Gasteiger charge is 2.43. The molecule has 0 heterocycles. The van der Waals surface area contributed by atoms with Crippen molar-refractivity contribution in [3.05, 3.63) is 33.9 Å². The number of carbonyl (C=O) groups is 1. The average Bonchev–Trinajstić information content (AvgIpc) is 2.83. The van der Waals surface area contributed by atoms with Gasteiger partial charge in [0, 0.05) is 18.1 Å². The van der Waals surface area contributed by atoms with Crippen LogP contribution in [-0.4, -0.2) is 29.5 Å². The molecule has 0 aromatic heterocycles. The molecule has 2 unspecified atom stereocenters. The number of nitrogens with zero attached hydrogens (tertiary/aromatic N) is 1. The van der Waals surface area contributed by atoms with Gasteiger partial charge in [0.25, 0.3) is 5.69 Å². The van der Waals surface area contributed by atoms with E-state index in [2.05, 4.69) is 5.32 Å². The molecule has 2 atom stereocenters. The van der Waals surface area contributed by atoms with Crippen LogP contribution < -0.4 is 15.8 Å². The van der Waals surface area contributed by atoms with Crippen molar-refractivity contribution >= 4 is 11.6 Å². The quantitative estimate of drug-likeness (QED) is 0.628. The Morgan fingerprint density at radius 2 is 2.29 bits per heavy atom. The fourth-order valence-corrected chi connectivity index (χ4v) is 2.77. The Bertz CT molecular complexity index is 575. The summed E-state index contributed by atoms with van der Waals surface area (Å²) in [7, 11) is 1.71. The number of hydrogen-bond donors (Lipinski definition) is 2. The van der Waals surface area contributed by atoms with Gasteiger partial charge in [-0.15, -0.1) is 0 Å². The number of rotatable bonds is 5. The van der Waals surface area contributed by atoms with Gasteiger partial charge in [0.15, 0.2) is 0 Å². The topological polar surface area (TPSA) is 107 Å². The SMILES string of the molecule is CNC1(C(N)=O)CCC(Oc2ccc([N+](=O)[O-])c(C)c2)C1. The van der Waals surface area contributed by atoms with Crippen LogP contribution in [-0.2, 0) is 4.79 Å². The summed E-state index contributed by atoms with van der Waals surface area (Å²) in [6.45, 7) is 1.67. The lowest BCUT2D eigenvalue weighted by atomic mass is 9.97. The second-order valence-corrected chi connectivity index (χ2v) is 5.38. The molecule has 7 nitrogen and oxygen atoms in total. The fraction of sp³-hybridized carbons (Fsp3) is 0.500. The van der Waals surface area contributed by atoms with Crippen LogP contribution in [0.5, 0.6) is 5.75 Å². The predicted octanol–water partition coefficient (Wildman–Crippen LogP) is 1.28. The number of ether oxygens (including phenoxy) is 1. The third kappa shape index (κ3) is 2.97. The molecule has 1 aromatic rings. The predicted molar refractivity (Wildman–Crippen MR) is 77.1 cm³/mol. The molecule has 0 bridgehead atoms. The summed E-state index contributed by atoms with van der Waals surface area (Å²) < 4.78 is 5.83. The normalized spacial score (nSPS) is 24.8. The Morgan fingerprint density at radius 3 is 2.76 bits per heavy atom. The number of nitro benzene ring substituents is 1. The molecule has 0 spiro atoms. The van der Waals surface area contributed by atoms with Crippen molar-refractivity contribution < 1.29 is 14.5 Å². The fourth-order valence-electron chi connectivity index (χ4n) is 2.77. The Morgan fingerprint density at radius 1 is 1.57 bits per heavy atom. The number of nitro groups is 1. The molecule has 2 rings (SSSR count). The average molecular weight is 293 g/mol. The summed E-state index contributed by atoms with van der Waals surface area (Å²) in [4.78, 5) is 21.9. The van der Waals surface area contributed by atoms with Crippen LogP contribution >= 0.6 is 0 Å². The number of hydrogen-bond acceptors (Lipinski definition) is 5. The van der Waals surface area contributed by atoms with Gasteiger partial charge in [-0.2, -0.15) is 0 Å². The molecule has 0 radical (unpaired) electrons. The zero-order valence-corrected chi connectivity index (χ0v) is 12.1. The summed E-state index contributed by atoms with van der Waals surface area (Å²) >= 11 is 0. The van der Waals surface area contributed by atoms with E-state index in [1.807, 2.05) is 0 Å². The summed E-state index contributed by atoms with van der Waals surface area (Å²) in [6.07, 6.45) is 1.69. The smallest absolute Gasteiger partial charge is 0.272 e.